The topological polar surface area (TPSA) is 94.2 Å². The van der Waals surface area contributed by atoms with E-state index in [-0.39, 0.29) is 5.11 Å². The zero-order valence-corrected chi connectivity index (χ0v) is 22.7. The molecule has 2 heterocycles. The Morgan fingerprint density at radius 2 is 1.77 bits per heavy atom. The zero-order chi connectivity index (χ0) is 27.4. The second-order valence-corrected chi connectivity index (χ2v) is 9.40. The van der Waals surface area contributed by atoms with E-state index >= 15 is 0 Å². The molecule has 1 amide bonds. The molecule has 2 N–H and O–H groups in total. The van der Waals surface area contributed by atoms with Crippen LogP contribution >= 0.6 is 23.8 Å². The van der Waals surface area contributed by atoms with E-state index in [4.69, 9.17) is 33.0 Å². The Hall–Kier alpha value is -4.47. The Labute approximate surface area is 235 Å². The number of hydrogen-bond donors (Lipinski definition) is 2. The fraction of sp³-hybridized carbons (Fsp3) is 0.103. The molecule has 196 valence electrons. The average Bonchev–Trinajstić information content (AvgIpc) is 3.56. The predicted molar refractivity (Wildman–Crippen MR) is 157 cm³/mol. The number of benzene rings is 3. The number of thiocarbonyl (C=S) groups is 1. The van der Waals surface area contributed by atoms with Gasteiger partial charge >= 0.3 is 0 Å². The van der Waals surface area contributed by atoms with Gasteiger partial charge in [-0.2, -0.15) is 4.80 Å². The second-order valence-electron chi connectivity index (χ2n) is 8.56. The molecule has 8 nitrogen and oxygen atoms in total. The minimum absolute atomic E-state index is 0.160. The molecule has 5 aromatic rings. The van der Waals surface area contributed by atoms with Gasteiger partial charge < -0.3 is 14.5 Å². The van der Waals surface area contributed by atoms with Crippen molar-refractivity contribution >= 4 is 57.6 Å². The van der Waals surface area contributed by atoms with Crippen molar-refractivity contribution in [3.8, 4) is 22.8 Å². The summed E-state index contributed by atoms with van der Waals surface area (Å²) in [5.41, 5.74) is 4.74. The van der Waals surface area contributed by atoms with Gasteiger partial charge in [0.2, 0.25) is 5.91 Å². The van der Waals surface area contributed by atoms with Crippen LogP contribution in [-0.4, -0.2) is 32.6 Å². The number of nitrogens with one attached hydrogen (secondary N) is 2. The third-order valence-corrected chi connectivity index (χ3v) is 6.20. The van der Waals surface area contributed by atoms with Gasteiger partial charge in [0.15, 0.2) is 5.11 Å². The highest BCUT2D eigenvalue weighted by atomic mass is 35.5. The Morgan fingerprint density at radius 1 is 1.05 bits per heavy atom. The summed E-state index contributed by atoms with van der Waals surface area (Å²) in [6.45, 7) is 4.47. The highest BCUT2D eigenvalue weighted by molar-refractivity contribution is 7.80. The highest BCUT2D eigenvalue weighted by Crippen LogP contribution is 2.25. The van der Waals surface area contributed by atoms with Gasteiger partial charge in [0, 0.05) is 22.3 Å². The molecule has 0 saturated carbocycles. The number of nitrogens with zero attached hydrogens (tertiary/aromatic N) is 3. The van der Waals surface area contributed by atoms with E-state index in [1.54, 1.807) is 29.1 Å². The van der Waals surface area contributed by atoms with E-state index in [1.165, 1.54) is 6.08 Å². The number of fused-ring (bicyclic) bond motifs is 1. The van der Waals surface area contributed by atoms with Gasteiger partial charge in [0.1, 0.15) is 28.3 Å². The van der Waals surface area contributed by atoms with E-state index in [9.17, 15) is 4.79 Å². The predicted octanol–water partition coefficient (Wildman–Crippen LogP) is 6.57. The summed E-state index contributed by atoms with van der Waals surface area (Å²) in [7, 11) is 0. The molecule has 5 rings (SSSR count). The molecular formula is C29H24ClN5O3S. The maximum absolute atomic E-state index is 12.4. The fourth-order valence-electron chi connectivity index (χ4n) is 3.84. The normalized spacial score (nSPS) is 11.2. The summed E-state index contributed by atoms with van der Waals surface area (Å²) >= 11 is 11.3. The first kappa shape index (κ1) is 26.1. The SMILES string of the molecule is CCOc1ccc(-n2nc3cc(C)c(NC(=S)NC(=O)C=Cc4ccc(-c5ccc(Cl)cc5)o4)cc3n2)cc1. The molecule has 3 aromatic carbocycles. The summed E-state index contributed by atoms with van der Waals surface area (Å²) in [5, 5.41) is 15.7. The Morgan fingerprint density at radius 3 is 2.49 bits per heavy atom. The summed E-state index contributed by atoms with van der Waals surface area (Å²) in [6, 6.07) is 22.2. The molecule has 0 saturated heterocycles. The summed E-state index contributed by atoms with van der Waals surface area (Å²) in [6.07, 6.45) is 2.94. The molecule has 0 atom stereocenters. The average molecular weight is 558 g/mol. The molecule has 39 heavy (non-hydrogen) atoms. The van der Waals surface area contributed by atoms with E-state index in [0.29, 0.717) is 34.4 Å². The van der Waals surface area contributed by atoms with Gasteiger partial charge in [0.05, 0.1) is 12.3 Å². The first-order chi connectivity index (χ1) is 18.9. The largest absolute Gasteiger partial charge is 0.494 e. The molecule has 10 heteroatoms. The monoisotopic (exact) mass is 557 g/mol. The van der Waals surface area contributed by atoms with Crippen LogP contribution in [0.1, 0.15) is 18.2 Å². The van der Waals surface area contributed by atoms with Crippen LogP contribution in [0.15, 0.2) is 83.3 Å². The number of furan rings is 1. The number of aryl methyl sites for hydroxylation is 1. The lowest BCUT2D eigenvalue weighted by Gasteiger charge is -2.10. The maximum Gasteiger partial charge on any atom is 0.250 e. The Balaban J connectivity index is 1.22. The van der Waals surface area contributed by atoms with Crippen molar-refractivity contribution in [2.45, 2.75) is 13.8 Å². The number of rotatable bonds is 7. The van der Waals surface area contributed by atoms with E-state index < -0.39 is 5.91 Å². The molecule has 2 aromatic heterocycles. The van der Waals surface area contributed by atoms with Crippen molar-refractivity contribution in [3.63, 3.8) is 0 Å². The second kappa shape index (κ2) is 11.5. The van der Waals surface area contributed by atoms with Crippen LogP contribution in [0.2, 0.25) is 5.02 Å². The smallest absolute Gasteiger partial charge is 0.250 e. The highest BCUT2D eigenvalue weighted by Gasteiger charge is 2.11. The number of aromatic nitrogens is 3. The third kappa shape index (κ3) is 6.34. The lowest BCUT2D eigenvalue weighted by atomic mass is 10.2. The minimum atomic E-state index is -0.392. The van der Waals surface area contributed by atoms with Crippen LogP contribution in [0, 0.1) is 6.92 Å². The molecule has 0 unspecified atom stereocenters. The zero-order valence-electron chi connectivity index (χ0n) is 21.1. The lowest BCUT2D eigenvalue weighted by Crippen LogP contribution is -2.33. The molecule has 0 aliphatic carbocycles. The van der Waals surface area contributed by atoms with Crippen molar-refractivity contribution in [1.29, 1.82) is 0 Å². The number of ether oxygens (including phenoxy) is 1. The van der Waals surface area contributed by atoms with Gasteiger partial charge in [-0.25, -0.2) is 0 Å². The quantitative estimate of drug-likeness (QED) is 0.173. The van der Waals surface area contributed by atoms with Crippen LogP contribution in [0.4, 0.5) is 5.69 Å². The number of hydrogen-bond acceptors (Lipinski definition) is 6. The van der Waals surface area contributed by atoms with Crippen LogP contribution in [0.25, 0.3) is 34.1 Å². The van der Waals surface area contributed by atoms with Gasteiger partial charge in [0.25, 0.3) is 0 Å². The van der Waals surface area contributed by atoms with Crippen molar-refractivity contribution < 1.29 is 13.9 Å². The first-order valence-corrected chi connectivity index (χ1v) is 12.9. The molecule has 0 aliphatic rings. The molecule has 0 aliphatic heterocycles. The fourth-order valence-corrected chi connectivity index (χ4v) is 4.17. The van der Waals surface area contributed by atoms with Gasteiger partial charge in [-0.1, -0.05) is 11.6 Å². The van der Waals surface area contributed by atoms with E-state index in [2.05, 4.69) is 20.8 Å². The first-order valence-electron chi connectivity index (χ1n) is 12.1. The Bertz CT molecular complexity index is 1670. The summed E-state index contributed by atoms with van der Waals surface area (Å²) < 4.78 is 11.3. The van der Waals surface area contributed by atoms with Crippen molar-refractivity contribution in [3.05, 3.63) is 95.2 Å². The minimum Gasteiger partial charge on any atom is -0.494 e. The molecule has 0 bridgehead atoms. The van der Waals surface area contributed by atoms with Gasteiger partial charge in [-0.15, -0.1) is 10.2 Å². The van der Waals surface area contributed by atoms with Gasteiger partial charge in [-0.05, 0) is 111 Å². The third-order valence-electron chi connectivity index (χ3n) is 5.74. The van der Waals surface area contributed by atoms with Crippen molar-refractivity contribution in [2.24, 2.45) is 0 Å². The van der Waals surface area contributed by atoms with Crippen LogP contribution < -0.4 is 15.4 Å². The number of carbonyl (C=O) groups excluding carboxylic acids is 1. The number of halogens is 1. The number of amides is 1. The van der Waals surface area contributed by atoms with E-state index in [1.807, 2.05) is 68.4 Å². The van der Waals surface area contributed by atoms with Crippen molar-refractivity contribution in [2.75, 3.05) is 11.9 Å². The number of anilines is 1. The standard InChI is InChI=1S/C29H24ClN5O3S/c1-3-37-22-10-8-21(9-11-22)35-33-25-16-18(2)24(17-26(25)34-35)31-29(39)32-28(36)15-13-23-12-14-27(38-23)19-4-6-20(30)7-5-19/h4-17H,3H2,1-2H3,(H2,31,32,36,39). The van der Waals surface area contributed by atoms with Crippen LogP contribution in [0.5, 0.6) is 5.75 Å². The maximum atomic E-state index is 12.4. The summed E-state index contributed by atoms with van der Waals surface area (Å²) in [5.74, 6) is 1.61. The van der Waals surface area contributed by atoms with Crippen LogP contribution in [0.3, 0.4) is 0 Å². The lowest BCUT2D eigenvalue weighted by molar-refractivity contribution is -0.115. The summed E-state index contributed by atoms with van der Waals surface area (Å²) in [4.78, 5) is 14.0. The van der Waals surface area contributed by atoms with Gasteiger partial charge in [-0.3, -0.25) is 10.1 Å². The molecule has 0 fully saturated rings. The molecular weight excluding hydrogens is 534 g/mol. The van der Waals surface area contributed by atoms with Crippen LogP contribution in [-0.2, 0) is 4.79 Å². The Kier molecular flexibility index (Phi) is 7.72. The number of carbonyl (C=O) groups is 1. The molecule has 0 radical (unpaired) electrons. The van der Waals surface area contributed by atoms with Crippen molar-refractivity contribution in [1.82, 2.24) is 20.3 Å². The van der Waals surface area contributed by atoms with E-state index in [0.717, 1.165) is 28.1 Å². The molecule has 0 spiro atoms.